The van der Waals surface area contributed by atoms with Gasteiger partial charge in [-0.3, -0.25) is 5.32 Å². The summed E-state index contributed by atoms with van der Waals surface area (Å²) in [6.07, 6.45) is 1.68. The summed E-state index contributed by atoms with van der Waals surface area (Å²) in [6.45, 7) is 12.0. The number of carboxylic acids is 1. The molecule has 0 radical (unpaired) electrons. The molecule has 0 bridgehead atoms. The van der Waals surface area contributed by atoms with E-state index in [1.54, 1.807) is 35.9 Å². The number of urea groups is 1. The monoisotopic (exact) mass is 453 g/mol. The molecular formula is C24H31N5O4. The highest BCUT2D eigenvalue weighted by molar-refractivity contribution is 6.01. The zero-order chi connectivity index (χ0) is 24.1. The third kappa shape index (κ3) is 6.15. The second-order valence-electron chi connectivity index (χ2n) is 8.87. The van der Waals surface area contributed by atoms with E-state index in [1.165, 1.54) is 6.07 Å². The molecule has 0 saturated carbocycles. The van der Waals surface area contributed by atoms with Crippen LogP contribution in [0, 0.1) is 18.8 Å². The number of benzene rings is 1. The van der Waals surface area contributed by atoms with Gasteiger partial charge in [0, 0.05) is 31.0 Å². The fourth-order valence-electron chi connectivity index (χ4n) is 3.67. The van der Waals surface area contributed by atoms with Crippen LogP contribution in [0.3, 0.4) is 0 Å². The molecule has 9 nitrogen and oxygen atoms in total. The summed E-state index contributed by atoms with van der Waals surface area (Å²) in [4.78, 5) is 26.6. The van der Waals surface area contributed by atoms with Gasteiger partial charge in [-0.1, -0.05) is 32.9 Å². The number of amides is 2. The number of hydrogen-bond acceptors (Lipinski definition) is 5. The van der Waals surface area contributed by atoms with Crippen molar-refractivity contribution in [2.75, 3.05) is 28.6 Å². The predicted molar refractivity (Wildman–Crippen MR) is 128 cm³/mol. The van der Waals surface area contributed by atoms with Gasteiger partial charge in [0.05, 0.1) is 17.1 Å². The normalized spacial score (nSPS) is 11.1. The van der Waals surface area contributed by atoms with Gasteiger partial charge < -0.3 is 24.4 Å². The largest absolute Gasteiger partial charge is 0.477 e. The molecule has 1 aromatic carbocycles. The van der Waals surface area contributed by atoms with E-state index in [4.69, 9.17) is 4.52 Å². The first-order chi connectivity index (χ1) is 15.6. The van der Waals surface area contributed by atoms with Crippen LogP contribution in [0.15, 0.2) is 47.1 Å². The lowest BCUT2D eigenvalue weighted by Gasteiger charge is -2.30. The zero-order valence-corrected chi connectivity index (χ0v) is 19.6. The molecule has 176 valence electrons. The van der Waals surface area contributed by atoms with E-state index in [0.29, 0.717) is 28.9 Å². The Morgan fingerprint density at radius 3 is 2.36 bits per heavy atom. The smallest absolute Gasteiger partial charge is 0.352 e. The lowest BCUT2D eigenvalue weighted by atomic mass is 10.1. The van der Waals surface area contributed by atoms with E-state index in [1.807, 2.05) is 12.1 Å². The van der Waals surface area contributed by atoms with Crippen LogP contribution in [-0.4, -0.2) is 39.9 Å². The van der Waals surface area contributed by atoms with Crippen LogP contribution >= 0.6 is 0 Å². The molecule has 0 unspecified atom stereocenters. The van der Waals surface area contributed by atoms with Crippen LogP contribution in [0.2, 0.25) is 0 Å². The van der Waals surface area contributed by atoms with Gasteiger partial charge in [-0.2, -0.15) is 0 Å². The number of aromatic carboxylic acids is 1. The Balaban J connectivity index is 2.00. The van der Waals surface area contributed by atoms with Gasteiger partial charge in [-0.05, 0) is 49.1 Å². The molecular weight excluding hydrogens is 422 g/mol. The zero-order valence-electron chi connectivity index (χ0n) is 19.6. The van der Waals surface area contributed by atoms with Crippen LogP contribution in [0.1, 0.15) is 43.9 Å². The Hall–Kier alpha value is -3.75. The SMILES string of the molecule is Cc1cc(NC(=O)Nc2cc(-n3cccc3C(=O)O)ccc2N(CC(C)C)CC(C)C)on1. The number of carboxylic acid groups (broad SMARTS) is 1. The summed E-state index contributed by atoms with van der Waals surface area (Å²) in [5.74, 6) is 0.0245. The van der Waals surface area contributed by atoms with Crippen molar-refractivity contribution >= 4 is 29.3 Å². The quantitative estimate of drug-likeness (QED) is 0.409. The molecule has 0 atom stereocenters. The Labute approximate surface area is 193 Å². The van der Waals surface area contributed by atoms with Gasteiger partial charge in [-0.25, -0.2) is 9.59 Å². The fourth-order valence-corrected chi connectivity index (χ4v) is 3.67. The third-order valence-electron chi connectivity index (χ3n) is 4.85. The van der Waals surface area contributed by atoms with Crippen LogP contribution in [0.25, 0.3) is 5.69 Å². The Kier molecular flexibility index (Phi) is 7.42. The van der Waals surface area contributed by atoms with E-state index >= 15 is 0 Å². The molecule has 3 aromatic rings. The molecule has 0 aliphatic heterocycles. The minimum absolute atomic E-state index is 0.136. The van der Waals surface area contributed by atoms with E-state index in [-0.39, 0.29) is 11.6 Å². The first-order valence-corrected chi connectivity index (χ1v) is 11.0. The van der Waals surface area contributed by atoms with Crippen LogP contribution < -0.4 is 15.5 Å². The molecule has 33 heavy (non-hydrogen) atoms. The van der Waals surface area contributed by atoms with Crippen molar-refractivity contribution in [1.82, 2.24) is 9.72 Å². The highest BCUT2D eigenvalue weighted by Crippen LogP contribution is 2.31. The number of nitrogens with zero attached hydrogens (tertiary/aromatic N) is 3. The molecule has 0 fully saturated rings. The summed E-state index contributed by atoms with van der Waals surface area (Å²) < 4.78 is 6.65. The topological polar surface area (TPSA) is 113 Å². The molecule has 0 saturated heterocycles. The maximum Gasteiger partial charge on any atom is 0.352 e. The van der Waals surface area contributed by atoms with Crippen molar-refractivity contribution in [1.29, 1.82) is 0 Å². The fraction of sp³-hybridized carbons (Fsp3) is 0.375. The second-order valence-corrected chi connectivity index (χ2v) is 8.87. The lowest BCUT2D eigenvalue weighted by molar-refractivity contribution is 0.0688. The van der Waals surface area contributed by atoms with Gasteiger partial charge in [0.2, 0.25) is 5.88 Å². The average Bonchev–Trinajstić information content (AvgIpc) is 3.36. The van der Waals surface area contributed by atoms with Gasteiger partial charge in [0.25, 0.3) is 0 Å². The van der Waals surface area contributed by atoms with Crippen molar-refractivity contribution < 1.29 is 19.2 Å². The van der Waals surface area contributed by atoms with Crippen LogP contribution in [0.5, 0.6) is 0 Å². The molecule has 2 heterocycles. The summed E-state index contributed by atoms with van der Waals surface area (Å²) in [7, 11) is 0. The average molecular weight is 454 g/mol. The van der Waals surface area contributed by atoms with E-state index < -0.39 is 12.0 Å². The summed E-state index contributed by atoms with van der Waals surface area (Å²) >= 11 is 0. The van der Waals surface area contributed by atoms with E-state index in [2.05, 4.69) is 48.4 Å². The number of carbonyl (C=O) groups excluding carboxylic acids is 1. The molecule has 3 N–H and O–H groups in total. The molecule has 2 amide bonds. The van der Waals surface area contributed by atoms with Crippen molar-refractivity contribution in [2.45, 2.75) is 34.6 Å². The number of hydrogen-bond donors (Lipinski definition) is 3. The number of nitrogens with one attached hydrogen (secondary N) is 2. The minimum Gasteiger partial charge on any atom is -0.477 e. The molecule has 0 spiro atoms. The number of aryl methyl sites for hydroxylation is 1. The molecule has 2 aromatic heterocycles. The van der Waals surface area contributed by atoms with Crippen molar-refractivity contribution in [3.8, 4) is 5.69 Å². The van der Waals surface area contributed by atoms with E-state index in [9.17, 15) is 14.7 Å². The molecule has 3 rings (SSSR count). The first kappa shape index (κ1) is 23.9. The first-order valence-electron chi connectivity index (χ1n) is 11.0. The molecule has 0 aliphatic carbocycles. The summed E-state index contributed by atoms with van der Waals surface area (Å²) in [6, 6.07) is 9.90. The van der Waals surface area contributed by atoms with Crippen molar-refractivity contribution in [2.24, 2.45) is 11.8 Å². The maximum atomic E-state index is 12.8. The molecule has 0 aliphatic rings. The van der Waals surface area contributed by atoms with Crippen LogP contribution in [-0.2, 0) is 0 Å². The Morgan fingerprint density at radius 2 is 1.79 bits per heavy atom. The number of anilines is 3. The summed E-state index contributed by atoms with van der Waals surface area (Å²) in [5.41, 5.74) is 2.83. The number of rotatable bonds is 9. The molecule has 9 heteroatoms. The Morgan fingerprint density at radius 1 is 1.09 bits per heavy atom. The van der Waals surface area contributed by atoms with Gasteiger partial charge in [0.15, 0.2) is 0 Å². The lowest BCUT2D eigenvalue weighted by Crippen LogP contribution is -2.32. The number of carbonyl (C=O) groups is 2. The van der Waals surface area contributed by atoms with Crippen molar-refractivity contribution in [3.63, 3.8) is 0 Å². The predicted octanol–water partition coefficient (Wildman–Crippen LogP) is 5.23. The standard InChI is InChI=1S/C24H31N5O4/c1-15(2)13-28(14-16(3)4)20-9-8-18(29-10-6-7-21(29)23(30)31)12-19(20)25-24(32)26-22-11-17(5)27-33-22/h6-12,15-16H,13-14H2,1-5H3,(H,30,31)(H2,25,26,32). The van der Waals surface area contributed by atoms with Gasteiger partial charge in [-0.15, -0.1) is 0 Å². The highest BCUT2D eigenvalue weighted by Gasteiger charge is 2.19. The maximum absolute atomic E-state index is 12.8. The Bertz CT molecular complexity index is 1110. The van der Waals surface area contributed by atoms with Crippen LogP contribution in [0.4, 0.5) is 22.1 Å². The van der Waals surface area contributed by atoms with Crippen molar-refractivity contribution in [3.05, 3.63) is 54.0 Å². The van der Waals surface area contributed by atoms with Gasteiger partial charge >= 0.3 is 12.0 Å². The number of aromatic nitrogens is 2. The van der Waals surface area contributed by atoms with Gasteiger partial charge in [0.1, 0.15) is 5.69 Å². The second kappa shape index (κ2) is 10.2. The highest BCUT2D eigenvalue weighted by atomic mass is 16.5. The van der Waals surface area contributed by atoms with E-state index in [0.717, 1.165) is 18.8 Å². The third-order valence-corrected chi connectivity index (χ3v) is 4.85. The minimum atomic E-state index is -1.03. The summed E-state index contributed by atoms with van der Waals surface area (Å²) in [5, 5.41) is 18.8.